The summed E-state index contributed by atoms with van der Waals surface area (Å²) in [5.41, 5.74) is 4.02. The van der Waals surface area contributed by atoms with E-state index >= 15 is 0 Å². The van der Waals surface area contributed by atoms with Crippen LogP contribution in [0.1, 0.15) is 12.5 Å². The summed E-state index contributed by atoms with van der Waals surface area (Å²) >= 11 is 0. The van der Waals surface area contributed by atoms with Crippen molar-refractivity contribution in [1.29, 1.82) is 0 Å². The van der Waals surface area contributed by atoms with E-state index in [0.717, 1.165) is 16.7 Å². The maximum atomic E-state index is 12.0. The van der Waals surface area contributed by atoms with Gasteiger partial charge in [0, 0.05) is 23.5 Å². The molecule has 0 bridgehead atoms. The Kier molecular flexibility index (Phi) is 4.57. The van der Waals surface area contributed by atoms with Gasteiger partial charge in [-0.25, -0.2) is 18.2 Å². The quantitative estimate of drug-likeness (QED) is 0.777. The first kappa shape index (κ1) is 17.1. The van der Waals surface area contributed by atoms with Gasteiger partial charge in [0.2, 0.25) is 10.0 Å². The number of benzene rings is 2. The zero-order valence-electron chi connectivity index (χ0n) is 14.0. The second-order valence-electron chi connectivity index (χ2n) is 5.76. The highest BCUT2D eigenvalue weighted by molar-refractivity contribution is 7.89. The molecule has 0 atom stereocenters. The van der Waals surface area contributed by atoms with Gasteiger partial charge in [-0.05, 0) is 25.5 Å². The lowest BCUT2D eigenvalue weighted by atomic mass is 10.0. The molecule has 0 saturated heterocycles. The third-order valence-corrected chi connectivity index (χ3v) is 4.81. The molecular weight excluding hydrogens is 334 g/mol. The Labute approximate surface area is 147 Å². The van der Waals surface area contributed by atoms with Crippen molar-refractivity contribution in [2.24, 2.45) is 5.14 Å². The highest BCUT2D eigenvalue weighted by Gasteiger charge is 2.20. The number of primary sulfonamides is 1. The predicted octanol–water partition coefficient (Wildman–Crippen LogP) is 3.66. The molecule has 0 unspecified atom stereocenters. The maximum absolute atomic E-state index is 12.0. The normalized spacial score (nSPS) is 12.0. The van der Waals surface area contributed by atoms with Crippen molar-refractivity contribution < 1.29 is 8.42 Å². The number of allylic oxidation sites excluding steroid dienone is 1. The molecule has 2 aromatic carbocycles. The fraction of sp³-hybridized carbons (Fsp3) is 0.105. The van der Waals surface area contributed by atoms with E-state index in [1.165, 1.54) is 6.07 Å². The number of hydrogen-bond donors (Lipinski definition) is 1. The molecule has 3 aromatic rings. The van der Waals surface area contributed by atoms with Gasteiger partial charge in [-0.15, -0.1) is 0 Å². The molecule has 25 heavy (non-hydrogen) atoms. The van der Waals surface area contributed by atoms with Crippen LogP contribution in [0.2, 0.25) is 0 Å². The largest absolute Gasteiger partial charge is 0.247 e. The van der Waals surface area contributed by atoms with E-state index in [-0.39, 0.29) is 4.90 Å². The average molecular weight is 353 g/mol. The summed E-state index contributed by atoms with van der Waals surface area (Å²) in [5, 5.41) is 9.95. The second kappa shape index (κ2) is 6.66. The van der Waals surface area contributed by atoms with Crippen LogP contribution in [0.4, 0.5) is 0 Å². The number of rotatable bonds is 4. The Bertz CT molecular complexity index is 1030. The van der Waals surface area contributed by atoms with Gasteiger partial charge in [0.25, 0.3) is 0 Å². The van der Waals surface area contributed by atoms with Gasteiger partial charge in [0.15, 0.2) is 0 Å². The van der Waals surface area contributed by atoms with Crippen molar-refractivity contribution in [2.75, 3.05) is 0 Å². The van der Waals surface area contributed by atoms with Crippen molar-refractivity contribution in [1.82, 2.24) is 9.78 Å². The van der Waals surface area contributed by atoms with E-state index in [4.69, 9.17) is 5.14 Å². The third-order valence-electron chi connectivity index (χ3n) is 3.85. The number of sulfonamides is 1. The molecule has 0 radical (unpaired) electrons. The fourth-order valence-electron chi connectivity index (χ4n) is 2.67. The molecule has 0 spiro atoms. The lowest BCUT2D eigenvalue weighted by molar-refractivity contribution is 0.598. The minimum Gasteiger partial charge on any atom is -0.247 e. The standard InChI is InChI=1S/C19H19N3O2S/c1-3-12-22-13-17(15-10-8-14(2)9-11-15)19(21-22)16-6-4-5-7-18(16)25(20,23)24/h3-13H,1-2H3,(H2,20,23,24). The molecular formula is C19H19N3O2S. The summed E-state index contributed by atoms with van der Waals surface area (Å²) in [5.74, 6) is 0. The molecule has 5 nitrogen and oxygen atoms in total. The van der Waals surface area contributed by atoms with Crippen LogP contribution < -0.4 is 5.14 Å². The van der Waals surface area contributed by atoms with Crippen LogP contribution in [0.3, 0.4) is 0 Å². The second-order valence-corrected chi connectivity index (χ2v) is 7.29. The van der Waals surface area contributed by atoms with E-state index in [1.54, 1.807) is 29.1 Å². The Morgan fingerprint density at radius 1 is 1.04 bits per heavy atom. The molecule has 0 aliphatic carbocycles. The van der Waals surface area contributed by atoms with Crippen molar-refractivity contribution in [3.05, 3.63) is 66.4 Å². The lowest BCUT2D eigenvalue weighted by Crippen LogP contribution is -2.13. The average Bonchev–Trinajstić information content (AvgIpc) is 2.99. The number of nitrogens with zero attached hydrogens (tertiary/aromatic N) is 2. The zero-order chi connectivity index (χ0) is 18.0. The van der Waals surface area contributed by atoms with Gasteiger partial charge in [-0.2, -0.15) is 5.10 Å². The topological polar surface area (TPSA) is 78.0 Å². The predicted molar refractivity (Wildman–Crippen MR) is 100 cm³/mol. The summed E-state index contributed by atoms with van der Waals surface area (Å²) in [4.78, 5) is 0.0640. The van der Waals surface area contributed by atoms with Gasteiger partial charge >= 0.3 is 0 Å². The summed E-state index contributed by atoms with van der Waals surface area (Å²) in [6, 6.07) is 14.7. The van der Waals surface area contributed by atoms with Crippen LogP contribution in [0.25, 0.3) is 28.6 Å². The van der Waals surface area contributed by atoms with Crippen LogP contribution in [0.15, 0.2) is 65.7 Å². The summed E-state index contributed by atoms with van der Waals surface area (Å²) in [6.07, 6.45) is 5.54. The molecule has 1 heterocycles. The smallest absolute Gasteiger partial charge is 0.238 e. The molecule has 0 saturated carbocycles. The van der Waals surface area contributed by atoms with E-state index in [1.807, 2.05) is 50.4 Å². The van der Waals surface area contributed by atoms with Crippen LogP contribution >= 0.6 is 0 Å². The van der Waals surface area contributed by atoms with Crippen molar-refractivity contribution >= 4 is 16.2 Å². The van der Waals surface area contributed by atoms with Gasteiger partial charge in [-0.3, -0.25) is 0 Å². The monoisotopic (exact) mass is 353 g/mol. The van der Waals surface area contributed by atoms with Crippen LogP contribution in [0.5, 0.6) is 0 Å². The third kappa shape index (κ3) is 3.55. The SMILES string of the molecule is CC=Cn1cc(-c2ccc(C)cc2)c(-c2ccccc2S(N)(=O)=O)n1. The summed E-state index contributed by atoms with van der Waals surface area (Å²) in [6.45, 7) is 3.91. The first-order valence-electron chi connectivity index (χ1n) is 7.81. The Morgan fingerprint density at radius 3 is 2.36 bits per heavy atom. The van der Waals surface area contributed by atoms with Crippen LogP contribution in [0, 0.1) is 6.92 Å². The van der Waals surface area contributed by atoms with Crippen molar-refractivity contribution in [2.45, 2.75) is 18.7 Å². The van der Waals surface area contributed by atoms with Gasteiger partial charge in [0.1, 0.15) is 5.69 Å². The van der Waals surface area contributed by atoms with E-state index in [2.05, 4.69) is 5.10 Å². The minimum atomic E-state index is -3.86. The summed E-state index contributed by atoms with van der Waals surface area (Å²) in [7, 11) is -3.86. The minimum absolute atomic E-state index is 0.0640. The highest BCUT2D eigenvalue weighted by Crippen LogP contribution is 2.34. The van der Waals surface area contributed by atoms with Crippen molar-refractivity contribution in [3.63, 3.8) is 0 Å². The van der Waals surface area contributed by atoms with Gasteiger partial charge in [-0.1, -0.05) is 54.1 Å². The first-order valence-corrected chi connectivity index (χ1v) is 9.36. The fourth-order valence-corrected chi connectivity index (χ4v) is 3.41. The molecule has 0 amide bonds. The Morgan fingerprint density at radius 2 is 1.72 bits per heavy atom. The van der Waals surface area contributed by atoms with E-state index in [9.17, 15) is 8.42 Å². The molecule has 0 aliphatic heterocycles. The van der Waals surface area contributed by atoms with Crippen LogP contribution in [-0.4, -0.2) is 18.2 Å². The first-order chi connectivity index (χ1) is 11.9. The number of aryl methyl sites for hydroxylation is 1. The number of hydrogen-bond acceptors (Lipinski definition) is 3. The molecule has 2 N–H and O–H groups in total. The Hall–Kier alpha value is -2.70. The van der Waals surface area contributed by atoms with E-state index < -0.39 is 10.0 Å². The molecule has 3 rings (SSSR count). The van der Waals surface area contributed by atoms with Gasteiger partial charge < -0.3 is 0 Å². The van der Waals surface area contributed by atoms with Crippen molar-refractivity contribution in [3.8, 4) is 22.4 Å². The maximum Gasteiger partial charge on any atom is 0.238 e. The summed E-state index contributed by atoms with van der Waals surface area (Å²) < 4.78 is 25.6. The number of nitrogens with two attached hydrogens (primary N) is 1. The highest BCUT2D eigenvalue weighted by atomic mass is 32.2. The zero-order valence-corrected chi connectivity index (χ0v) is 14.9. The molecule has 0 fully saturated rings. The molecule has 128 valence electrons. The van der Waals surface area contributed by atoms with E-state index in [0.29, 0.717) is 11.3 Å². The van der Waals surface area contributed by atoms with Gasteiger partial charge in [0.05, 0.1) is 4.90 Å². The lowest BCUT2D eigenvalue weighted by Gasteiger charge is -2.08. The Balaban J connectivity index is 2.28. The molecule has 0 aliphatic rings. The molecule has 6 heteroatoms. The van der Waals surface area contributed by atoms with Crippen LogP contribution in [-0.2, 0) is 10.0 Å². The number of aromatic nitrogens is 2. The molecule has 1 aromatic heterocycles.